The number of nitrogens with zero attached hydrogens (tertiary/aromatic N) is 3. The highest BCUT2D eigenvalue weighted by Crippen LogP contribution is 2.28. The number of aliphatic carboxylic acids is 1. The third-order valence-electron chi connectivity index (χ3n) is 3.23. The minimum Gasteiger partial charge on any atom is -0.481 e. The van der Waals surface area contributed by atoms with Crippen LogP contribution in [0.2, 0.25) is 0 Å². The van der Waals surface area contributed by atoms with E-state index in [1.165, 1.54) is 12.8 Å². The normalized spacial score (nSPS) is 15.6. The Balaban J connectivity index is 1.92. The van der Waals surface area contributed by atoms with Crippen LogP contribution in [-0.2, 0) is 11.3 Å². The SMILES string of the molecule is CC(C)n1ccc(CN(CCC(=O)O)C2CC2)n1. The molecule has 0 unspecified atom stereocenters. The van der Waals surface area contributed by atoms with Crippen molar-refractivity contribution < 1.29 is 9.90 Å². The Labute approximate surface area is 107 Å². The molecule has 1 aliphatic rings. The number of hydrogen-bond acceptors (Lipinski definition) is 3. The van der Waals surface area contributed by atoms with E-state index in [0.717, 1.165) is 12.2 Å². The maximum Gasteiger partial charge on any atom is 0.304 e. The minimum atomic E-state index is -0.728. The van der Waals surface area contributed by atoms with E-state index in [0.29, 0.717) is 18.6 Å². The van der Waals surface area contributed by atoms with Crippen molar-refractivity contribution >= 4 is 5.97 Å². The summed E-state index contributed by atoms with van der Waals surface area (Å²) < 4.78 is 1.94. The Kier molecular flexibility index (Phi) is 4.01. The molecule has 1 N–H and O–H groups in total. The molecule has 0 aliphatic heterocycles. The molecule has 1 fully saturated rings. The predicted octanol–water partition coefficient (Wildman–Crippen LogP) is 1.90. The molecule has 0 atom stereocenters. The number of carboxylic acids is 1. The summed E-state index contributed by atoms with van der Waals surface area (Å²) >= 11 is 0. The van der Waals surface area contributed by atoms with Gasteiger partial charge in [0.2, 0.25) is 0 Å². The van der Waals surface area contributed by atoms with Crippen molar-refractivity contribution in [3.8, 4) is 0 Å². The molecule has 0 amide bonds. The second kappa shape index (κ2) is 5.52. The van der Waals surface area contributed by atoms with Crippen LogP contribution in [0.25, 0.3) is 0 Å². The van der Waals surface area contributed by atoms with Gasteiger partial charge in [-0.25, -0.2) is 0 Å². The van der Waals surface area contributed by atoms with Crippen LogP contribution in [0.1, 0.15) is 44.8 Å². The van der Waals surface area contributed by atoms with Crippen molar-refractivity contribution in [2.75, 3.05) is 6.54 Å². The van der Waals surface area contributed by atoms with E-state index in [9.17, 15) is 4.79 Å². The zero-order valence-electron chi connectivity index (χ0n) is 11.0. The summed E-state index contributed by atoms with van der Waals surface area (Å²) in [6, 6.07) is 2.96. The number of hydrogen-bond donors (Lipinski definition) is 1. The first-order valence-corrected chi connectivity index (χ1v) is 6.56. The Hall–Kier alpha value is -1.36. The first-order chi connectivity index (χ1) is 8.56. The molecule has 1 aromatic heterocycles. The van der Waals surface area contributed by atoms with Crippen LogP contribution in [0.5, 0.6) is 0 Å². The van der Waals surface area contributed by atoms with Gasteiger partial charge in [-0.2, -0.15) is 5.10 Å². The van der Waals surface area contributed by atoms with E-state index in [2.05, 4.69) is 23.8 Å². The molecule has 1 saturated carbocycles. The van der Waals surface area contributed by atoms with Crippen molar-refractivity contribution in [2.45, 2.75) is 51.7 Å². The Morgan fingerprint density at radius 3 is 2.83 bits per heavy atom. The lowest BCUT2D eigenvalue weighted by molar-refractivity contribution is -0.137. The fourth-order valence-corrected chi connectivity index (χ4v) is 2.03. The monoisotopic (exact) mass is 251 g/mol. The summed E-state index contributed by atoms with van der Waals surface area (Å²) in [6.07, 6.45) is 4.57. The number of aromatic nitrogens is 2. The number of carboxylic acid groups (broad SMARTS) is 1. The summed E-state index contributed by atoms with van der Waals surface area (Å²) in [5.41, 5.74) is 1.03. The quantitative estimate of drug-likeness (QED) is 0.804. The topological polar surface area (TPSA) is 58.4 Å². The lowest BCUT2D eigenvalue weighted by Gasteiger charge is -2.19. The van der Waals surface area contributed by atoms with E-state index in [1.54, 1.807) is 0 Å². The molecule has 0 saturated heterocycles. The van der Waals surface area contributed by atoms with Gasteiger partial charge in [-0.15, -0.1) is 0 Å². The molecule has 2 rings (SSSR count). The van der Waals surface area contributed by atoms with Gasteiger partial charge in [0.05, 0.1) is 12.1 Å². The highest BCUT2D eigenvalue weighted by molar-refractivity contribution is 5.66. The number of carbonyl (C=O) groups is 1. The Morgan fingerprint density at radius 1 is 1.61 bits per heavy atom. The van der Waals surface area contributed by atoms with Gasteiger partial charge in [-0.05, 0) is 32.8 Å². The van der Waals surface area contributed by atoms with Crippen molar-refractivity contribution in [2.24, 2.45) is 0 Å². The van der Waals surface area contributed by atoms with Crippen LogP contribution in [0.4, 0.5) is 0 Å². The van der Waals surface area contributed by atoms with E-state index < -0.39 is 5.97 Å². The highest BCUT2D eigenvalue weighted by atomic mass is 16.4. The lowest BCUT2D eigenvalue weighted by Crippen LogP contribution is -2.28. The summed E-state index contributed by atoms with van der Waals surface area (Å²) in [7, 11) is 0. The first-order valence-electron chi connectivity index (χ1n) is 6.56. The van der Waals surface area contributed by atoms with Gasteiger partial charge in [-0.1, -0.05) is 0 Å². The molecule has 5 nitrogen and oxygen atoms in total. The second-order valence-corrected chi connectivity index (χ2v) is 5.23. The molecule has 1 aliphatic carbocycles. The molecule has 0 aromatic carbocycles. The van der Waals surface area contributed by atoms with Gasteiger partial charge in [0.25, 0.3) is 0 Å². The third kappa shape index (κ3) is 3.57. The maximum atomic E-state index is 10.6. The molecular formula is C13H21N3O2. The maximum absolute atomic E-state index is 10.6. The largest absolute Gasteiger partial charge is 0.481 e. The predicted molar refractivity (Wildman–Crippen MR) is 68.3 cm³/mol. The molecule has 1 aromatic rings. The average molecular weight is 251 g/mol. The van der Waals surface area contributed by atoms with Gasteiger partial charge in [0.15, 0.2) is 0 Å². The van der Waals surface area contributed by atoms with Crippen LogP contribution < -0.4 is 0 Å². The molecular weight excluding hydrogens is 230 g/mol. The van der Waals surface area contributed by atoms with Crippen molar-refractivity contribution in [3.05, 3.63) is 18.0 Å². The molecule has 0 radical (unpaired) electrons. The molecule has 100 valence electrons. The fourth-order valence-electron chi connectivity index (χ4n) is 2.03. The van der Waals surface area contributed by atoms with Crippen LogP contribution in [0.15, 0.2) is 12.3 Å². The van der Waals surface area contributed by atoms with Crippen molar-refractivity contribution in [3.63, 3.8) is 0 Å². The summed E-state index contributed by atoms with van der Waals surface area (Å²) in [4.78, 5) is 12.9. The van der Waals surface area contributed by atoms with E-state index in [1.807, 2.05) is 16.9 Å². The Bertz CT molecular complexity index is 410. The van der Waals surface area contributed by atoms with Gasteiger partial charge in [0.1, 0.15) is 0 Å². The molecule has 1 heterocycles. The smallest absolute Gasteiger partial charge is 0.304 e. The molecule has 0 bridgehead atoms. The minimum absolute atomic E-state index is 0.210. The van der Waals surface area contributed by atoms with E-state index in [-0.39, 0.29) is 6.42 Å². The Morgan fingerprint density at radius 2 is 2.33 bits per heavy atom. The zero-order chi connectivity index (χ0) is 13.1. The standard InChI is InChI=1S/C13H21N3O2/c1-10(2)16-8-5-11(14-16)9-15(12-3-4-12)7-6-13(17)18/h5,8,10,12H,3-4,6-7,9H2,1-2H3,(H,17,18). The molecule has 18 heavy (non-hydrogen) atoms. The van der Waals surface area contributed by atoms with Crippen molar-refractivity contribution in [1.82, 2.24) is 14.7 Å². The zero-order valence-corrected chi connectivity index (χ0v) is 11.0. The fraction of sp³-hybridized carbons (Fsp3) is 0.692. The summed E-state index contributed by atoms with van der Waals surface area (Å²) in [6.45, 7) is 5.58. The van der Waals surface area contributed by atoms with Crippen LogP contribution >= 0.6 is 0 Å². The first kappa shape index (κ1) is 13.1. The van der Waals surface area contributed by atoms with Gasteiger partial charge in [-0.3, -0.25) is 14.4 Å². The van der Waals surface area contributed by atoms with Gasteiger partial charge < -0.3 is 5.11 Å². The lowest BCUT2D eigenvalue weighted by atomic mass is 10.3. The van der Waals surface area contributed by atoms with E-state index in [4.69, 9.17) is 5.11 Å². The highest BCUT2D eigenvalue weighted by Gasteiger charge is 2.29. The number of rotatable bonds is 7. The third-order valence-corrected chi connectivity index (χ3v) is 3.23. The van der Waals surface area contributed by atoms with Gasteiger partial charge >= 0.3 is 5.97 Å². The summed E-state index contributed by atoms with van der Waals surface area (Å²) in [5.74, 6) is -0.728. The average Bonchev–Trinajstić information content (AvgIpc) is 3.03. The summed E-state index contributed by atoms with van der Waals surface area (Å²) in [5, 5.41) is 13.3. The van der Waals surface area contributed by atoms with Crippen LogP contribution in [0.3, 0.4) is 0 Å². The van der Waals surface area contributed by atoms with E-state index >= 15 is 0 Å². The van der Waals surface area contributed by atoms with Crippen molar-refractivity contribution in [1.29, 1.82) is 0 Å². The van der Waals surface area contributed by atoms with Crippen LogP contribution in [0, 0.1) is 0 Å². The molecule has 5 heteroatoms. The molecule has 0 spiro atoms. The van der Waals surface area contributed by atoms with Crippen LogP contribution in [-0.4, -0.2) is 38.3 Å². The van der Waals surface area contributed by atoms with Gasteiger partial charge in [0, 0.05) is 31.4 Å². The second-order valence-electron chi connectivity index (χ2n) is 5.23.